The SMILES string of the molecule is O=S(=O)(c1ccc2c(c1)OCCO2)c1nc(-c2ccccc2Cl)oc1N1CCC(Cc2ccccc2)CC1. The quantitative estimate of drug-likeness (QED) is 0.289. The summed E-state index contributed by atoms with van der Waals surface area (Å²) in [5.74, 6) is 1.85. The van der Waals surface area contributed by atoms with Crippen LogP contribution in [0.25, 0.3) is 11.5 Å². The fourth-order valence-electron chi connectivity index (χ4n) is 5.01. The molecule has 0 aliphatic carbocycles. The maximum atomic E-state index is 13.9. The summed E-state index contributed by atoms with van der Waals surface area (Å²) in [6, 6.07) is 22.2. The van der Waals surface area contributed by atoms with Crippen LogP contribution in [0, 0.1) is 5.92 Å². The lowest BCUT2D eigenvalue weighted by atomic mass is 9.90. The fraction of sp³-hybridized carbons (Fsp3) is 0.276. The molecule has 9 heteroatoms. The van der Waals surface area contributed by atoms with E-state index in [2.05, 4.69) is 29.2 Å². The average molecular weight is 551 g/mol. The normalized spacial score (nSPS) is 16.0. The molecule has 0 radical (unpaired) electrons. The average Bonchev–Trinajstić information content (AvgIpc) is 3.40. The molecule has 0 bridgehead atoms. The van der Waals surface area contributed by atoms with Gasteiger partial charge in [-0.05, 0) is 55.0 Å². The van der Waals surface area contributed by atoms with Gasteiger partial charge in [-0.1, -0.05) is 54.1 Å². The van der Waals surface area contributed by atoms with Crippen molar-refractivity contribution in [3.63, 3.8) is 0 Å². The maximum Gasteiger partial charge on any atom is 0.236 e. The van der Waals surface area contributed by atoms with Crippen LogP contribution in [0.2, 0.25) is 5.02 Å². The molecular weight excluding hydrogens is 524 g/mol. The van der Waals surface area contributed by atoms with Crippen LogP contribution >= 0.6 is 11.6 Å². The molecule has 38 heavy (non-hydrogen) atoms. The van der Waals surface area contributed by atoms with Crippen LogP contribution in [-0.2, 0) is 16.3 Å². The highest BCUT2D eigenvalue weighted by Crippen LogP contribution is 2.40. The number of rotatable bonds is 6. The summed E-state index contributed by atoms with van der Waals surface area (Å²) in [4.78, 5) is 6.57. The Labute approximate surface area is 226 Å². The Balaban J connectivity index is 1.34. The van der Waals surface area contributed by atoms with E-state index in [1.54, 1.807) is 24.3 Å². The van der Waals surface area contributed by atoms with Gasteiger partial charge in [0.25, 0.3) is 0 Å². The number of nitrogens with zero attached hydrogens (tertiary/aromatic N) is 2. The number of fused-ring (bicyclic) bond motifs is 1. The zero-order chi connectivity index (χ0) is 26.1. The van der Waals surface area contributed by atoms with E-state index in [1.807, 2.05) is 17.0 Å². The minimum absolute atomic E-state index is 0.0703. The lowest BCUT2D eigenvalue weighted by molar-refractivity contribution is 0.171. The Bertz CT molecular complexity index is 1550. The number of benzene rings is 3. The minimum Gasteiger partial charge on any atom is -0.486 e. The number of sulfone groups is 1. The van der Waals surface area contributed by atoms with Crippen molar-refractivity contribution in [2.75, 3.05) is 31.2 Å². The molecule has 0 spiro atoms. The third-order valence-electron chi connectivity index (χ3n) is 7.03. The number of hydrogen-bond acceptors (Lipinski definition) is 7. The van der Waals surface area contributed by atoms with Crippen molar-refractivity contribution in [2.45, 2.75) is 29.2 Å². The van der Waals surface area contributed by atoms with E-state index in [0.717, 1.165) is 19.3 Å². The minimum atomic E-state index is -4.04. The van der Waals surface area contributed by atoms with Crippen LogP contribution in [0.15, 0.2) is 87.1 Å². The molecule has 6 rings (SSSR count). The molecule has 3 heterocycles. The van der Waals surface area contributed by atoms with Crippen molar-refractivity contribution in [1.82, 2.24) is 4.98 Å². The van der Waals surface area contributed by atoms with E-state index < -0.39 is 9.84 Å². The van der Waals surface area contributed by atoms with E-state index in [-0.39, 0.29) is 21.7 Å². The van der Waals surface area contributed by atoms with Crippen molar-refractivity contribution in [3.8, 4) is 23.0 Å². The van der Waals surface area contributed by atoms with Gasteiger partial charge in [0, 0.05) is 19.2 Å². The summed E-state index contributed by atoms with van der Waals surface area (Å²) in [6.07, 6.45) is 2.83. The Kier molecular flexibility index (Phi) is 6.76. The summed E-state index contributed by atoms with van der Waals surface area (Å²) in [5, 5.41) is 0.316. The van der Waals surface area contributed by atoms with E-state index in [4.69, 9.17) is 25.5 Å². The number of piperidine rings is 1. The molecule has 0 amide bonds. The molecule has 1 fully saturated rings. The first-order valence-electron chi connectivity index (χ1n) is 12.7. The van der Waals surface area contributed by atoms with Gasteiger partial charge in [-0.3, -0.25) is 0 Å². The lowest BCUT2D eigenvalue weighted by Gasteiger charge is -2.32. The highest BCUT2D eigenvalue weighted by molar-refractivity contribution is 7.91. The second-order valence-corrected chi connectivity index (χ2v) is 11.8. The van der Waals surface area contributed by atoms with Crippen molar-refractivity contribution in [1.29, 1.82) is 0 Å². The largest absolute Gasteiger partial charge is 0.486 e. The summed E-state index contributed by atoms with van der Waals surface area (Å²) < 4.78 is 45.3. The molecule has 0 N–H and O–H groups in total. The zero-order valence-electron chi connectivity index (χ0n) is 20.7. The van der Waals surface area contributed by atoms with Crippen molar-refractivity contribution in [2.24, 2.45) is 5.92 Å². The van der Waals surface area contributed by atoms with Crippen molar-refractivity contribution < 1.29 is 22.3 Å². The summed E-state index contributed by atoms with van der Waals surface area (Å²) >= 11 is 6.42. The molecule has 196 valence electrons. The van der Waals surface area contributed by atoms with Crippen LogP contribution in [0.5, 0.6) is 11.5 Å². The standard InChI is InChI=1S/C29H27ClN2O5S/c30-24-9-5-4-8-23(24)27-31-28(38(33,34)22-10-11-25-26(19-22)36-17-16-35-25)29(37-27)32-14-12-21(13-15-32)18-20-6-2-1-3-7-20/h1-11,19,21H,12-18H2. The van der Waals surface area contributed by atoms with E-state index in [9.17, 15) is 8.42 Å². The van der Waals surface area contributed by atoms with E-state index >= 15 is 0 Å². The third kappa shape index (κ3) is 4.86. The van der Waals surface area contributed by atoms with Gasteiger partial charge in [0.15, 0.2) is 11.5 Å². The van der Waals surface area contributed by atoms with Crippen molar-refractivity contribution >= 4 is 27.3 Å². The smallest absolute Gasteiger partial charge is 0.236 e. The number of ether oxygens (including phenoxy) is 2. The van der Waals surface area contributed by atoms with Gasteiger partial charge in [0.2, 0.25) is 26.6 Å². The van der Waals surface area contributed by atoms with E-state index in [0.29, 0.717) is 54.3 Å². The van der Waals surface area contributed by atoms with Gasteiger partial charge < -0.3 is 18.8 Å². The third-order valence-corrected chi connectivity index (χ3v) is 9.01. The molecule has 4 aromatic rings. The molecule has 1 saturated heterocycles. The second kappa shape index (κ2) is 10.3. The maximum absolute atomic E-state index is 13.9. The summed E-state index contributed by atoms with van der Waals surface area (Å²) in [6.45, 7) is 2.12. The van der Waals surface area contributed by atoms with Gasteiger partial charge in [0.1, 0.15) is 13.2 Å². The first-order chi connectivity index (χ1) is 18.5. The van der Waals surface area contributed by atoms with Crippen LogP contribution in [-0.4, -0.2) is 39.7 Å². The van der Waals surface area contributed by atoms with Gasteiger partial charge in [-0.2, -0.15) is 4.98 Å². The van der Waals surface area contributed by atoms with Gasteiger partial charge in [-0.15, -0.1) is 0 Å². The Morgan fingerprint density at radius 3 is 2.37 bits per heavy atom. The molecule has 2 aliphatic rings. The molecule has 3 aromatic carbocycles. The Morgan fingerprint density at radius 1 is 0.895 bits per heavy atom. The van der Waals surface area contributed by atoms with Crippen LogP contribution in [0.1, 0.15) is 18.4 Å². The van der Waals surface area contributed by atoms with Crippen LogP contribution in [0.4, 0.5) is 5.88 Å². The monoisotopic (exact) mass is 550 g/mol. The molecular formula is C29H27ClN2O5S. The second-order valence-electron chi connectivity index (χ2n) is 9.54. The Hall–Kier alpha value is -3.49. The molecule has 7 nitrogen and oxygen atoms in total. The van der Waals surface area contributed by atoms with Gasteiger partial charge in [-0.25, -0.2) is 8.42 Å². The number of anilines is 1. The summed E-state index contributed by atoms with van der Waals surface area (Å²) in [5.41, 5.74) is 1.85. The molecule has 1 aromatic heterocycles. The predicted molar refractivity (Wildman–Crippen MR) is 145 cm³/mol. The summed E-state index contributed by atoms with van der Waals surface area (Å²) in [7, 11) is -4.04. The first-order valence-corrected chi connectivity index (χ1v) is 14.5. The number of aromatic nitrogens is 1. The molecule has 2 aliphatic heterocycles. The van der Waals surface area contributed by atoms with Crippen LogP contribution in [0.3, 0.4) is 0 Å². The number of oxazole rings is 1. The fourth-order valence-corrected chi connectivity index (χ4v) is 6.57. The van der Waals surface area contributed by atoms with Crippen LogP contribution < -0.4 is 14.4 Å². The lowest BCUT2D eigenvalue weighted by Crippen LogP contribution is -2.34. The van der Waals surface area contributed by atoms with E-state index in [1.165, 1.54) is 17.7 Å². The topological polar surface area (TPSA) is 81.9 Å². The number of halogens is 1. The first kappa shape index (κ1) is 24.8. The molecule has 0 unspecified atom stereocenters. The van der Waals surface area contributed by atoms with Gasteiger partial charge >= 0.3 is 0 Å². The highest BCUT2D eigenvalue weighted by Gasteiger charge is 2.34. The predicted octanol–water partition coefficient (Wildman–Crippen LogP) is 6.06. The van der Waals surface area contributed by atoms with Crippen molar-refractivity contribution in [3.05, 3.63) is 83.4 Å². The van der Waals surface area contributed by atoms with Gasteiger partial charge in [0.05, 0.1) is 15.5 Å². The zero-order valence-corrected chi connectivity index (χ0v) is 22.2. The highest BCUT2D eigenvalue weighted by atomic mass is 35.5. The Morgan fingerprint density at radius 2 is 1.61 bits per heavy atom. The number of hydrogen-bond donors (Lipinski definition) is 0. The molecule has 0 atom stereocenters. The molecule has 0 saturated carbocycles.